The smallest absolute Gasteiger partial charge is 0.141 e. The second kappa shape index (κ2) is 4.63. The summed E-state index contributed by atoms with van der Waals surface area (Å²) in [5.41, 5.74) is 6.23. The lowest BCUT2D eigenvalue weighted by atomic mass is 10.1. The molecule has 0 aliphatic carbocycles. The van der Waals surface area contributed by atoms with Crippen LogP contribution in [0, 0.1) is 13.8 Å². The third-order valence-electron chi connectivity index (χ3n) is 3.52. The molecule has 0 aliphatic rings. The average Bonchev–Trinajstić information content (AvgIpc) is 2.91. The standard InChI is InChI=1S/C16H17N3O/c1-5-6-12-9-19(4)14-7-13(8-17-16(12)14)15-10(2)18-20-11(15)3/h5-9H,1-4H3/b6-5+. The van der Waals surface area contributed by atoms with Gasteiger partial charge in [-0.1, -0.05) is 17.3 Å². The average molecular weight is 267 g/mol. The van der Waals surface area contributed by atoms with E-state index in [0.29, 0.717) is 0 Å². The second-order valence-corrected chi connectivity index (χ2v) is 4.99. The van der Waals surface area contributed by atoms with Crippen molar-refractivity contribution in [3.8, 4) is 11.1 Å². The number of aryl methyl sites for hydroxylation is 3. The number of aromatic nitrogens is 3. The van der Waals surface area contributed by atoms with Crippen LogP contribution in [0.3, 0.4) is 0 Å². The molecule has 0 aliphatic heterocycles. The van der Waals surface area contributed by atoms with Crippen LogP contribution in [0.15, 0.2) is 29.1 Å². The molecular weight excluding hydrogens is 250 g/mol. The van der Waals surface area contributed by atoms with Crippen LogP contribution in [0.25, 0.3) is 28.2 Å². The number of pyridine rings is 1. The summed E-state index contributed by atoms with van der Waals surface area (Å²) in [7, 11) is 2.04. The van der Waals surface area contributed by atoms with E-state index in [9.17, 15) is 0 Å². The molecular formula is C16H17N3O. The predicted molar refractivity (Wildman–Crippen MR) is 80.4 cm³/mol. The van der Waals surface area contributed by atoms with Gasteiger partial charge >= 0.3 is 0 Å². The molecule has 0 spiro atoms. The van der Waals surface area contributed by atoms with Crippen LogP contribution in [0.1, 0.15) is 23.9 Å². The van der Waals surface area contributed by atoms with E-state index < -0.39 is 0 Å². The number of nitrogens with zero attached hydrogens (tertiary/aromatic N) is 3. The predicted octanol–water partition coefficient (Wildman–Crippen LogP) is 3.88. The van der Waals surface area contributed by atoms with E-state index >= 15 is 0 Å². The van der Waals surface area contributed by atoms with Gasteiger partial charge in [0.15, 0.2) is 0 Å². The summed E-state index contributed by atoms with van der Waals surface area (Å²) in [5, 5.41) is 4.01. The Hall–Kier alpha value is -2.36. The van der Waals surface area contributed by atoms with Crippen LogP contribution >= 0.6 is 0 Å². The van der Waals surface area contributed by atoms with Gasteiger partial charge in [-0.2, -0.15) is 0 Å². The van der Waals surface area contributed by atoms with Crippen LogP contribution in [0.5, 0.6) is 0 Å². The topological polar surface area (TPSA) is 43.9 Å². The molecule has 0 radical (unpaired) electrons. The van der Waals surface area contributed by atoms with Gasteiger partial charge < -0.3 is 9.09 Å². The van der Waals surface area contributed by atoms with E-state index in [1.807, 2.05) is 40.1 Å². The molecule has 4 heteroatoms. The van der Waals surface area contributed by atoms with Crippen molar-refractivity contribution in [2.24, 2.45) is 7.05 Å². The monoisotopic (exact) mass is 267 g/mol. The van der Waals surface area contributed by atoms with E-state index in [1.165, 1.54) is 0 Å². The highest BCUT2D eigenvalue weighted by atomic mass is 16.5. The molecule has 0 atom stereocenters. The van der Waals surface area contributed by atoms with Gasteiger partial charge in [0, 0.05) is 36.1 Å². The summed E-state index contributed by atoms with van der Waals surface area (Å²) in [4.78, 5) is 4.62. The number of hydrogen-bond acceptors (Lipinski definition) is 3. The van der Waals surface area contributed by atoms with Crippen LogP contribution < -0.4 is 0 Å². The van der Waals surface area contributed by atoms with E-state index in [-0.39, 0.29) is 0 Å². The normalized spacial score (nSPS) is 11.8. The highest BCUT2D eigenvalue weighted by molar-refractivity contribution is 5.89. The molecule has 0 saturated heterocycles. The van der Waals surface area contributed by atoms with Crippen LogP contribution in [0.4, 0.5) is 0 Å². The number of allylic oxidation sites excluding steroid dienone is 1. The Bertz CT molecular complexity index is 789. The molecule has 0 bridgehead atoms. The highest BCUT2D eigenvalue weighted by Crippen LogP contribution is 2.30. The van der Waals surface area contributed by atoms with Gasteiger partial charge in [-0.25, -0.2) is 0 Å². The Morgan fingerprint density at radius 3 is 2.75 bits per heavy atom. The molecule has 4 nitrogen and oxygen atoms in total. The maximum Gasteiger partial charge on any atom is 0.141 e. The molecule has 3 aromatic rings. The Balaban J connectivity index is 2.24. The summed E-state index contributed by atoms with van der Waals surface area (Å²) < 4.78 is 7.34. The first kappa shape index (κ1) is 12.7. The van der Waals surface area contributed by atoms with Gasteiger partial charge in [-0.15, -0.1) is 0 Å². The lowest BCUT2D eigenvalue weighted by Gasteiger charge is -2.02. The highest BCUT2D eigenvalue weighted by Gasteiger charge is 2.14. The van der Waals surface area contributed by atoms with Crippen molar-refractivity contribution < 1.29 is 4.52 Å². The third kappa shape index (κ3) is 1.84. The molecule has 102 valence electrons. The fourth-order valence-electron chi connectivity index (χ4n) is 2.62. The molecule has 20 heavy (non-hydrogen) atoms. The van der Waals surface area contributed by atoms with Gasteiger partial charge in [0.05, 0.1) is 16.7 Å². The summed E-state index contributed by atoms with van der Waals surface area (Å²) in [6.07, 6.45) is 8.08. The third-order valence-corrected chi connectivity index (χ3v) is 3.52. The Labute approximate surface area is 117 Å². The van der Waals surface area contributed by atoms with Gasteiger partial charge in [0.25, 0.3) is 0 Å². The SMILES string of the molecule is C/C=C/c1cn(C)c2cc(-c3c(C)noc3C)cnc12. The summed E-state index contributed by atoms with van der Waals surface area (Å²) in [6.45, 7) is 5.89. The molecule has 0 unspecified atom stereocenters. The van der Waals surface area contributed by atoms with Crippen LogP contribution in [-0.2, 0) is 7.05 Å². The minimum absolute atomic E-state index is 0.825. The minimum Gasteiger partial charge on any atom is -0.361 e. The lowest BCUT2D eigenvalue weighted by molar-refractivity contribution is 0.393. The largest absolute Gasteiger partial charge is 0.361 e. The van der Waals surface area contributed by atoms with Crippen molar-refractivity contribution in [3.05, 3.63) is 41.6 Å². The Morgan fingerprint density at radius 1 is 1.30 bits per heavy atom. The molecule has 3 heterocycles. The van der Waals surface area contributed by atoms with E-state index in [2.05, 4.69) is 33.0 Å². The maximum absolute atomic E-state index is 5.24. The summed E-state index contributed by atoms with van der Waals surface area (Å²) >= 11 is 0. The fourth-order valence-corrected chi connectivity index (χ4v) is 2.62. The molecule has 0 amide bonds. The van der Waals surface area contributed by atoms with E-state index in [4.69, 9.17) is 4.52 Å². The summed E-state index contributed by atoms with van der Waals surface area (Å²) in [6, 6.07) is 2.14. The lowest BCUT2D eigenvalue weighted by Crippen LogP contribution is -1.88. The zero-order valence-electron chi connectivity index (χ0n) is 12.1. The van der Waals surface area contributed by atoms with Gasteiger partial charge in [0.2, 0.25) is 0 Å². The number of fused-ring (bicyclic) bond motifs is 1. The first-order chi connectivity index (χ1) is 9.61. The molecule has 0 fully saturated rings. The van der Waals surface area contributed by atoms with Crippen LogP contribution in [0.2, 0.25) is 0 Å². The molecule has 0 saturated carbocycles. The second-order valence-electron chi connectivity index (χ2n) is 4.99. The van der Waals surface area contributed by atoms with Gasteiger partial charge in [-0.3, -0.25) is 4.98 Å². The fraction of sp³-hybridized carbons (Fsp3) is 0.250. The zero-order chi connectivity index (χ0) is 14.3. The minimum atomic E-state index is 0.825. The zero-order valence-corrected chi connectivity index (χ0v) is 12.1. The Morgan fingerprint density at radius 2 is 2.10 bits per heavy atom. The van der Waals surface area contributed by atoms with Crippen molar-refractivity contribution in [2.75, 3.05) is 0 Å². The quantitative estimate of drug-likeness (QED) is 0.707. The van der Waals surface area contributed by atoms with Crippen molar-refractivity contribution in [1.82, 2.24) is 14.7 Å². The Kier molecular flexibility index (Phi) is 2.93. The summed E-state index contributed by atoms with van der Waals surface area (Å²) in [5.74, 6) is 0.825. The first-order valence-corrected chi connectivity index (χ1v) is 6.63. The van der Waals surface area contributed by atoms with Gasteiger partial charge in [-0.05, 0) is 26.8 Å². The van der Waals surface area contributed by atoms with E-state index in [0.717, 1.165) is 39.2 Å². The van der Waals surface area contributed by atoms with Crippen molar-refractivity contribution in [1.29, 1.82) is 0 Å². The van der Waals surface area contributed by atoms with Gasteiger partial charge in [0.1, 0.15) is 5.76 Å². The van der Waals surface area contributed by atoms with Crippen molar-refractivity contribution in [2.45, 2.75) is 20.8 Å². The van der Waals surface area contributed by atoms with E-state index in [1.54, 1.807) is 0 Å². The number of hydrogen-bond donors (Lipinski definition) is 0. The molecule has 0 N–H and O–H groups in total. The van der Waals surface area contributed by atoms with Crippen LogP contribution in [-0.4, -0.2) is 14.7 Å². The maximum atomic E-state index is 5.24. The molecule has 3 aromatic heterocycles. The first-order valence-electron chi connectivity index (χ1n) is 6.63. The molecule has 3 rings (SSSR count). The molecule has 0 aromatic carbocycles. The van der Waals surface area contributed by atoms with Crippen molar-refractivity contribution in [3.63, 3.8) is 0 Å². The number of rotatable bonds is 2. The van der Waals surface area contributed by atoms with Crippen molar-refractivity contribution >= 4 is 17.1 Å².